The van der Waals surface area contributed by atoms with Crippen LogP contribution in [0, 0.1) is 0 Å². The Bertz CT molecular complexity index is 292. The quantitative estimate of drug-likeness (QED) is 0.591. The second kappa shape index (κ2) is 3.66. The highest BCUT2D eigenvalue weighted by Gasteiger charge is 2.18. The number of rotatable bonds is 3. The maximum Gasteiger partial charge on any atom is 0.269 e. The molecule has 0 heterocycles. The number of hydrogen-bond donors (Lipinski definition) is 1. The third-order valence-electron chi connectivity index (χ3n) is 1.75. The van der Waals surface area contributed by atoms with Gasteiger partial charge in [0.2, 0.25) is 0 Å². The second-order valence-electron chi connectivity index (χ2n) is 3.48. The van der Waals surface area contributed by atoms with Crippen LogP contribution in [-0.2, 0) is 0 Å². The molecule has 1 aromatic carbocycles. The summed E-state index contributed by atoms with van der Waals surface area (Å²) in [6.45, 7) is 7.95. The second-order valence-corrected chi connectivity index (χ2v) is 7.30. The largest absolute Gasteiger partial charge is 0.540 e. The Kier molecular flexibility index (Phi) is 2.78. The van der Waals surface area contributed by atoms with Crippen LogP contribution in [0.2, 0.25) is 13.1 Å². The summed E-state index contributed by atoms with van der Waals surface area (Å²) < 4.78 is 5.77. The van der Waals surface area contributed by atoms with Crippen molar-refractivity contribution in [3.05, 3.63) is 36.5 Å². The van der Waals surface area contributed by atoms with Crippen molar-refractivity contribution >= 4 is 14.0 Å². The number of anilines is 1. The fraction of sp³-hybridized carbons (Fsp3) is 0.200. The van der Waals surface area contributed by atoms with Crippen molar-refractivity contribution in [2.45, 2.75) is 13.1 Å². The highest BCUT2D eigenvalue weighted by atomic mass is 28.4. The fourth-order valence-electron chi connectivity index (χ4n) is 0.881. The van der Waals surface area contributed by atoms with Crippen molar-refractivity contribution in [3.8, 4) is 5.75 Å². The predicted molar refractivity (Wildman–Crippen MR) is 59.2 cm³/mol. The molecule has 2 N–H and O–H groups in total. The molecule has 0 bridgehead atoms. The average molecular weight is 193 g/mol. The van der Waals surface area contributed by atoms with Gasteiger partial charge in [0.25, 0.3) is 8.32 Å². The van der Waals surface area contributed by atoms with E-state index in [1.807, 2.05) is 30.0 Å². The summed E-state index contributed by atoms with van der Waals surface area (Å²) in [5, 5.41) is 0. The van der Waals surface area contributed by atoms with Gasteiger partial charge in [-0.05, 0) is 37.4 Å². The summed E-state index contributed by atoms with van der Waals surface area (Å²) in [7, 11) is -1.71. The number of hydrogen-bond acceptors (Lipinski definition) is 2. The van der Waals surface area contributed by atoms with Gasteiger partial charge >= 0.3 is 0 Å². The van der Waals surface area contributed by atoms with Crippen molar-refractivity contribution in [1.82, 2.24) is 0 Å². The molecule has 0 aliphatic carbocycles. The Hall–Kier alpha value is -1.22. The highest BCUT2D eigenvalue weighted by molar-refractivity contribution is 6.76. The molecule has 1 rings (SSSR count). The maximum atomic E-state index is 5.77. The van der Waals surface area contributed by atoms with Crippen LogP contribution in [0.15, 0.2) is 36.5 Å². The SMILES string of the molecule is C=C[Si](C)(C)Oc1ccc(N)cc1. The molecule has 0 saturated heterocycles. The van der Waals surface area contributed by atoms with Gasteiger partial charge in [-0.15, -0.1) is 6.58 Å². The molecule has 0 spiro atoms. The van der Waals surface area contributed by atoms with Crippen LogP contribution in [0.25, 0.3) is 0 Å². The fourth-order valence-corrected chi connectivity index (χ4v) is 1.71. The summed E-state index contributed by atoms with van der Waals surface area (Å²) in [5.74, 6) is 0.866. The summed E-state index contributed by atoms with van der Waals surface area (Å²) in [4.78, 5) is 0. The van der Waals surface area contributed by atoms with Crippen LogP contribution in [0.1, 0.15) is 0 Å². The smallest absolute Gasteiger partial charge is 0.269 e. The topological polar surface area (TPSA) is 35.2 Å². The first kappa shape index (κ1) is 9.86. The lowest BCUT2D eigenvalue weighted by atomic mass is 10.3. The number of benzene rings is 1. The standard InChI is InChI=1S/C10H15NOSi/c1-4-13(2,3)12-10-7-5-9(11)6-8-10/h4-8H,1,11H2,2-3H3. The molecule has 0 radical (unpaired) electrons. The summed E-state index contributed by atoms with van der Waals surface area (Å²) in [5.41, 5.74) is 8.22. The zero-order valence-corrected chi connectivity index (χ0v) is 9.08. The van der Waals surface area contributed by atoms with Crippen LogP contribution in [-0.4, -0.2) is 8.32 Å². The summed E-state index contributed by atoms with van der Waals surface area (Å²) >= 11 is 0. The normalized spacial score (nSPS) is 10.9. The maximum absolute atomic E-state index is 5.77. The van der Waals surface area contributed by atoms with Gasteiger partial charge in [-0.1, -0.05) is 5.70 Å². The summed E-state index contributed by atoms with van der Waals surface area (Å²) in [6, 6.07) is 7.44. The number of nitrogen functional groups attached to an aromatic ring is 1. The molecule has 1 aromatic rings. The molecule has 13 heavy (non-hydrogen) atoms. The molecule has 0 amide bonds. The molecule has 0 fully saturated rings. The van der Waals surface area contributed by atoms with Crippen LogP contribution in [0.3, 0.4) is 0 Å². The predicted octanol–water partition coefficient (Wildman–Crippen LogP) is 2.58. The molecule has 0 saturated carbocycles. The van der Waals surface area contributed by atoms with E-state index in [0.29, 0.717) is 0 Å². The minimum atomic E-state index is -1.71. The lowest BCUT2D eigenvalue weighted by molar-refractivity contribution is 0.563. The lowest BCUT2D eigenvalue weighted by Gasteiger charge is -2.19. The molecular formula is C10H15NOSi. The van der Waals surface area contributed by atoms with Gasteiger partial charge < -0.3 is 10.2 Å². The van der Waals surface area contributed by atoms with E-state index in [1.165, 1.54) is 0 Å². The number of nitrogens with two attached hydrogens (primary N) is 1. The van der Waals surface area contributed by atoms with E-state index in [0.717, 1.165) is 11.4 Å². The van der Waals surface area contributed by atoms with Gasteiger partial charge in [0.1, 0.15) is 5.75 Å². The average Bonchev–Trinajstić information content (AvgIpc) is 2.09. The van der Waals surface area contributed by atoms with Gasteiger partial charge in [0, 0.05) is 5.69 Å². The van der Waals surface area contributed by atoms with Crippen molar-refractivity contribution in [2.24, 2.45) is 0 Å². The third kappa shape index (κ3) is 2.95. The summed E-state index contributed by atoms with van der Waals surface area (Å²) in [6.07, 6.45) is 0. The van der Waals surface area contributed by atoms with Crippen LogP contribution in [0.5, 0.6) is 5.75 Å². The van der Waals surface area contributed by atoms with Gasteiger partial charge in [-0.25, -0.2) is 0 Å². The molecule has 0 aromatic heterocycles. The monoisotopic (exact) mass is 193 g/mol. The minimum absolute atomic E-state index is 0.755. The Balaban J connectivity index is 2.75. The van der Waals surface area contributed by atoms with E-state index in [4.69, 9.17) is 10.2 Å². The van der Waals surface area contributed by atoms with Crippen molar-refractivity contribution in [3.63, 3.8) is 0 Å². The Labute approximate surface area is 80.2 Å². The van der Waals surface area contributed by atoms with Gasteiger partial charge in [0.05, 0.1) is 0 Å². The Morgan fingerprint density at radius 2 is 1.85 bits per heavy atom. The molecule has 0 aliphatic rings. The Morgan fingerprint density at radius 1 is 1.31 bits per heavy atom. The van der Waals surface area contributed by atoms with Gasteiger partial charge in [0.15, 0.2) is 0 Å². The first-order valence-corrected chi connectivity index (χ1v) is 7.20. The van der Waals surface area contributed by atoms with Crippen LogP contribution >= 0.6 is 0 Å². The van der Waals surface area contributed by atoms with E-state index in [9.17, 15) is 0 Å². The van der Waals surface area contributed by atoms with E-state index < -0.39 is 8.32 Å². The van der Waals surface area contributed by atoms with Crippen LogP contribution in [0.4, 0.5) is 5.69 Å². The molecule has 0 atom stereocenters. The molecule has 3 heteroatoms. The molecule has 0 unspecified atom stereocenters. The van der Waals surface area contributed by atoms with Crippen molar-refractivity contribution in [1.29, 1.82) is 0 Å². The van der Waals surface area contributed by atoms with E-state index in [1.54, 1.807) is 0 Å². The van der Waals surface area contributed by atoms with Gasteiger partial charge in [-0.3, -0.25) is 0 Å². The zero-order valence-electron chi connectivity index (χ0n) is 8.08. The minimum Gasteiger partial charge on any atom is -0.540 e. The van der Waals surface area contributed by atoms with E-state index in [2.05, 4.69) is 19.7 Å². The van der Waals surface area contributed by atoms with E-state index in [-0.39, 0.29) is 0 Å². The molecule has 2 nitrogen and oxygen atoms in total. The third-order valence-corrected chi connectivity index (χ3v) is 3.50. The van der Waals surface area contributed by atoms with Crippen LogP contribution < -0.4 is 10.2 Å². The first-order chi connectivity index (χ1) is 6.03. The lowest BCUT2D eigenvalue weighted by Crippen LogP contribution is -2.31. The van der Waals surface area contributed by atoms with E-state index >= 15 is 0 Å². The molecule has 70 valence electrons. The van der Waals surface area contributed by atoms with Crippen molar-refractivity contribution in [2.75, 3.05) is 5.73 Å². The van der Waals surface area contributed by atoms with Crippen molar-refractivity contribution < 1.29 is 4.43 Å². The highest BCUT2D eigenvalue weighted by Crippen LogP contribution is 2.17. The first-order valence-electron chi connectivity index (χ1n) is 4.22. The molecular weight excluding hydrogens is 178 g/mol. The zero-order chi connectivity index (χ0) is 9.90. The Morgan fingerprint density at radius 3 is 2.31 bits per heavy atom. The molecule has 0 aliphatic heterocycles. The van der Waals surface area contributed by atoms with Gasteiger partial charge in [-0.2, -0.15) is 0 Å².